The molecule has 3 aliphatic rings. The Bertz CT molecular complexity index is 555. The molecule has 0 spiro atoms. The molecule has 1 N–H and O–H groups in total. The first-order chi connectivity index (χ1) is 9.35. The summed E-state index contributed by atoms with van der Waals surface area (Å²) in [5.74, 6) is 1.25. The lowest BCUT2D eigenvalue weighted by molar-refractivity contribution is 0.483. The summed E-state index contributed by atoms with van der Waals surface area (Å²) in [4.78, 5) is 7.43. The average Bonchev–Trinajstić information content (AvgIpc) is 3.13. The molecule has 0 saturated carbocycles. The van der Waals surface area contributed by atoms with E-state index in [1.807, 2.05) is 0 Å². The van der Waals surface area contributed by atoms with Crippen LogP contribution in [0, 0.1) is 0 Å². The summed E-state index contributed by atoms with van der Waals surface area (Å²) in [5, 5.41) is 3.55. The first-order valence-corrected chi connectivity index (χ1v) is 7.52. The number of benzene rings is 1. The van der Waals surface area contributed by atoms with Gasteiger partial charge in [-0.25, -0.2) is 0 Å². The van der Waals surface area contributed by atoms with Gasteiger partial charge in [0.15, 0.2) is 0 Å². The number of anilines is 1. The zero-order valence-corrected chi connectivity index (χ0v) is 12.8. The molecule has 4 heteroatoms. The molecule has 1 atom stereocenters. The van der Waals surface area contributed by atoms with Crippen LogP contribution in [0.3, 0.4) is 0 Å². The topological polar surface area (TPSA) is 27.6 Å². The number of aliphatic imine (C=N–C) groups is 1. The molecule has 3 heterocycles. The van der Waals surface area contributed by atoms with Gasteiger partial charge in [0.05, 0.1) is 6.54 Å². The molecule has 0 fully saturated rings. The minimum Gasteiger partial charge on any atom is -0.370 e. The van der Waals surface area contributed by atoms with Crippen molar-refractivity contribution in [3.63, 3.8) is 0 Å². The molecule has 0 radical (unpaired) electrons. The highest BCUT2D eigenvalue weighted by molar-refractivity contribution is 5.99. The van der Waals surface area contributed by atoms with Crippen LogP contribution < -0.4 is 10.2 Å². The molecule has 3 nitrogen and oxygen atoms in total. The SMILES string of the molecule is CCCC1(C2=NCCN2)Cc2cccc3c2N1CC3.Cl. The molecular formula is C16H22ClN3. The normalized spacial score (nSPS) is 26.1. The number of hydrogen-bond acceptors (Lipinski definition) is 3. The summed E-state index contributed by atoms with van der Waals surface area (Å²) < 4.78 is 0. The van der Waals surface area contributed by atoms with Crippen LogP contribution in [0.1, 0.15) is 30.9 Å². The van der Waals surface area contributed by atoms with Crippen molar-refractivity contribution in [1.82, 2.24) is 5.32 Å². The minimum atomic E-state index is 0. The summed E-state index contributed by atoms with van der Waals surface area (Å²) in [6.45, 7) is 5.40. The summed E-state index contributed by atoms with van der Waals surface area (Å²) in [6.07, 6.45) is 4.74. The predicted octanol–water partition coefficient (Wildman–Crippen LogP) is 2.57. The fourth-order valence-corrected chi connectivity index (χ4v) is 4.19. The molecule has 0 amide bonds. The van der Waals surface area contributed by atoms with Crippen molar-refractivity contribution in [3.05, 3.63) is 29.3 Å². The number of amidine groups is 1. The second kappa shape index (κ2) is 4.96. The highest BCUT2D eigenvalue weighted by atomic mass is 35.5. The van der Waals surface area contributed by atoms with Gasteiger partial charge in [-0.2, -0.15) is 0 Å². The zero-order valence-electron chi connectivity index (χ0n) is 12.0. The van der Waals surface area contributed by atoms with Crippen LogP contribution in [0.2, 0.25) is 0 Å². The molecule has 3 aliphatic heterocycles. The van der Waals surface area contributed by atoms with Crippen molar-refractivity contribution in [2.24, 2.45) is 4.99 Å². The van der Waals surface area contributed by atoms with Crippen molar-refractivity contribution in [1.29, 1.82) is 0 Å². The van der Waals surface area contributed by atoms with Crippen LogP contribution in [0.25, 0.3) is 0 Å². The van der Waals surface area contributed by atoms with Crippen molar-refractivity contribution in [2.75, 3.05) is 24.5 Å². The fraction of sp³-hybridized carbons (Fsp3) is 0.562. The second-order valence-corrected chi connectivity index (χ2v) is 5.94. The van der Waals surface area contributed by atoms with Gasteiger partial charge in [-0.15, -0.1) is 12.4 Å². The van der Waals surface area contributed by atoms with E-state index in [-0.39, 0.29) is 17.9 Å². The average molecular weight is 292 g/mol. The smallest absolute Gasteiger partial charge is 0.123 e. The third kappa shape index (κ3) is 1.69. The van der Waals surface area contributed by atoms with E-state index < -0.39 is 0 Å². The van der Waals surface area contributed by atoms with E-state index in [4.69, 9.17) is 4.99 Å². The van der Waals surface area contributed by atoms with Crippen LogP contribution in [0.5, 0.6) is 0 Å². The van der Waals surface area contributed by atoms with Gasteiger partial charge in [0.2, 0.25) is 0 Å². The van der Waals surface area contributed by atoms with Crippen molar-refractivity contribution >= 4 is 23.9 Å². The molecule has 0 saturated heterocycles. The highest BCUT2D eigenvalue weighted by Crippen LogP contribution is 2.47. The lowest BCUT2D eigenvalue weighted by Gasteiger charge is -2.38. The Morgan fingerprint density at radius 2 is 2.20 bits per heavy atom. The highest BCUT2D eigenvalue weighted by Gasteiger charge is 2.50. The van der Waals surface area contributed by atoms with Crippen molar-refractivity contribution in [3.8, 4) is 0 Å². The third-order valence-corrected chi connectivity index (χ3v) is 4.86. The Morgan fingerprint density at radius 3 is 2.95 bits per heavy atom. The molecule has 0 aromatic heterocycles. The van der Waals surface area contributed by atoms with Crippen molar-refractivity contribution < 1.29 is 0 Å². The van der Waals surface area contributed by atoms with E-state index in [0.29, 0.717) is 0 Å². The van der Waals surface area contributed by atoms with E-state index in [1.165, 1.54) is 41.9 Å². The predicted molar refractivity (Wildman–Crippen MR) is 86.4 cm³/mol. The second-order valence-electron chi connectivity index (χ2n) is 5.94. The summed E-state index contributed by atoms with van der Waals surface area (Å²) in [5.41, 5.74) is 4.71. The van der Waals surface area contributed by atoms with Crippen LogP contribution in [0.4, 0.5) is 5.69 Å². The molecule has 0 aliphatic carbocycles. The Kier molecular flexibility index (Phi) is 3.41. The summed E-state index contributed by atoms with van der Waals surface area (Å²) >= 11 is 0. The van der Waals surface area contributed by atoms with Crippen LogP contribution in [0.15, 0.2) is 23.2 Å². The maximum Gasteiger partial charge on any atom is 0.123 e. The van der Waals surface area contributed by atoms with Gasteiger partial charge in [0.25, 0.3) is 0 Å². The molecule has 4 rings (SSSR count). The van der Waals surface area contributed by atoms with Gasteiger partial charge in [0, 0.05) is 25.2 Å². The van der Waals surface area contributed by atoms with Crippen LogP contribution >= 0.6 is 12.4 Å². The number of para-hydroxylation sites is 1. The number of rotatable bonds is 3. The van der Waals surface area contributed by atoms with E-state index in [2.05, 4.69) is 35.3 Å². The lowest BCUT2D eigenvalue weighted by atomic mass is 9.87. The fourth-order valence-electron chi connectivity index (χ4n) is 4.19. The number of halogens is 1. The van der Waals surface area contributed by atoms with Gasteiger partial charge >= 0.3 is 0 Å². The maximum atomic E-state index is 4.78. The molecule has 108 valence electrons. The van der Waals surface area contributed by atoms with E-state index in [0.717, 1.165) is 26.1 Å². The molecule has 1 unspecified atom stereocenters. The Hall–Kier alpha value is -1.22. The summed E-state index contributed by atoms with van der Waals surface area (Å²) in [7, 11) is 0. The van der Waals surface area contributed by atoms with E-state index >= 15 is 0 Å². The third-order valence-electron chi connectivity index (χ3n) is 4.86. The first kappa shape index (κ1) is 13.7. The Balaban J connectivity index is 0.00000121. The first-order valence-electron chi connectivity index (χ1n) is 7.52. The van der Waals surface area contributed by atoms with E-state index in [1.54, 1.807) is 0 Å². The summed E-state index contributed by atoms with van der Waals surface area (Å²) in [6, 6.07) is 6.83. The largest absolute Gasteiger partial charge is 0.370 e. The van der Waals surface area contributed by atoms with Gasteiger partial charge in [0.1, 0.15) is 11.4 Å². The monoisotopic (exact) mass is 291 g/mol. The van der Waals surface area contributed by atoms with Gasteiger partial charge in [-0.1, -0.05) is 31.5 Å². The van der Waals surface area contributed by atoms with Gasteiger partial charge in [-0.05, 0) is 24.0 Å². The standard InChI is InChI=1S/C16H21N3.ClH/c1-2-7-16(15-17-8-9-18-15)11-13-5-3-4-12-6-10-19(16)14(12)13;/h3-5H,2,6-11H2,1H3,(H,17,18);1H. The van der Waals surface area contributed by atoms with Crippen LogP contribution in [-0.2, 0) is 12.8 Å². The Labute approximate surface area is 126 Å². The molecular weight excluding hydrogens is 270 g/mol. The number of nitrogens with one attached hydrogen (secondary N) is 1. The minimum absolute atomic E-state index is 0. The number of nitrogens with zero attached hydrogens (tertiary/aromatic N) is 2. The zero-order chi connectivity index (χ0) is 12.9. The maximum absolute atomic E-state index is 4.78. The molecule has 0 bridgehead atoms. The van der Waals surface area contributed by atoms with Crippen molar-refractivity contribution in [2.45, 2.75) is 38.1 Å². The molecule has 1 aromatic rings. The van der Waals surface area contributed by atoms with Gasteiger partial charge < -0.3 is 10.2 Å². The Morgan fingerprint density at radius 1 is 1.35 bits per heavy atom. The lowest BCUT2D eigenvalue weighted by Crippen LogP contribution is -2.56. The molecule has 20 heavy (non-hydrogen) atoms. The van der Waals surface area contributed by atoms with Crippen LogP contribution in [-0.4, -0.2) is 31.0 Å². The molecule has 1 aromatic carbocycles. The van der Waals surface area contributed by atoms with Gasteiger partial charge in [-0.3, -0.25) is 4.99 Å². The van der Waals surface area contributed by atoms with E-state index in [9.17, 15) is 0 Å². The quantitative estimate of drug-likeness (QED) is 0.927. The number of hydrogen-bond donors (Lipinski definition) is 1.